The van der Waals surface area contributed by atoms with Gasteiger partial charge in [-0.3, -0.25) is 9.48 Å². The van der Waals surface area contributed by atoms with Crippen LogP contribution in [0.5, 0.6) is 0 Å². The molecule has 0 radical (unpaired) electrons. The summed E-state index contributed by atoms with van der Waals surface area (Å²) in [5, 5.41) is 15.0. The van der Waals surface area contributed by atoms with Gasteiger partial charge in [0.1, 0.15) is 0 Å². The van der Waals surface area contributed by atoms with Crippen molar-refractivity contribution in [2.45, 2.75) is 13.1 Å². The quantitative estimate of drug-likeness (QED) is 0.572. The largest absolute Gasteiger partial charge is 0.419 e. The van der Waals surface area contributed by atoms with E-state index >= 15 is 0 Å². The van der Waals surface area contributed by atoms with E-state index in [1.54, 1.807) is 16.9 Å². The van der Waals surface area contributed by atoms with Crippen molar-refractivity contribution in [3.05, 3.63) is 90.1 Å². The minimum absolute atomic E-state index is 0.169. The number of carbonyl (C=O) groups excluding carboxylic acids is 1. The van der Waals surface area contributed by atoms with E-state index < -0.39 is 0 Å². The Morgan fingerprint density at radius 1 is 1.04 bits per heavy atom. The number of hydrogen-bond acceptors (Lipinski definition) is 5. The predicted octanol–water partition coefficient (Wildman–Crippen LogP) is 2.91. The lowest BCUT2D eigenvalue weighted by molar-refractivity contribution is 0.0947. The minimum Gasteiger partial charge on any atom is -0.419 e. The summed E-state index contributed by atoms with van der Waals surface area (Å²) in [6.45, 7) is 0.778. The highest BCUT2D eigenvalue weighted by atomic mass is 16.4. The van der Waals surface area contributed by atoms with Gasteiger partial charge in [0.15, 0.2) is 0 Å². The number of hydrogen-bond donors (Lipinski definition) is 1. The summed E-state index contributed by atoms with van der Waals surface area (Å²) in [5.41, 5.74) is 2.41. The molecule has 134 valence electrons. The standard InChI is InChI=1S/C20H17N5O2/c26-19(17-9-4-6-15(12-17)14-25-11-5-10-22-25)21-13-18-23-24-20(27-18)16-7-2-1-3-8-16/h1-12H,13-14H2,(H,21,26). The molecule has 0 bridgehead atoms. The molecule has 0 unspecified atom stereocenters. The van der Waals surface area contributed by atoms with E-state index in [-0.39, 0.29) is 12.5 Å². The number of benzene rings is 2. The molecule has 0 aliphatic carbocycles. The van der Waals surface area contributed by atoms with Crippen LogP contribution in [-0.4, -0.2) is 25.9 Å². The third-order valence-corrected chi connectivity index (χ3v) is 3.98. The van der Waals surface area contributed by atoms with Crippen molar-refractivity contribution in [1.82, 2.24) is 25.3 Å². The fraction of sp³-hybridized carbons (Fsp3) is 0.100. The highest BCUT2D eigenvalue weighted by Crippen LogP contribution is 2.16. The van der Waals surface area contributed by atoms with Gasteiger partial charge >= 0.3 is 0 Å². The molecule has 0 aliphatic rings. The summed E-state index contributed by atoms with van der Waals surface area (Å²) in [6.07, 6.45) is 3.61. The first-order chi connectivity index (χ1) is 13.3. The van der Waals surface area contributed by atoms with Crippen molar-refractivity contribution in [2.24, 2.45) is 0 Å². The van der Waals surface area contributed by atoms with Crippen LogP contribution in [0.1, 0.15) is 21.8 Å². The van der Waals surface area contributed by atoms with Crippen molar-refractivity contribution in [2.75, 3.05) is 0 Å². The minimum atomic E-state index is -0.197. The molecule has 7 heteroatoms. The van der Waals surface area contributed by atoms with E-state index in [1.807, 2.05) is 60.8 Å². The molecule has 0 fully saturated rings. The highest BCUT2D eigenvalue weighted by molar-refractivity contribution is 5.94. The van der Waals surface area contributed by atoms with Gasteiger partial charge in [0.25, 0.3) is 5.91 Å². The second-order valence-corrected chi connectivity index (χ2v) is 5.95. The number of nitrogens with one attached hydrogen (secondary N) is 1. The van der Waals surface area contributed by atoms with Crippen LogP contribution in [0, 0.1) is 0 Å². The van der Waals surface area contributed by atoms with Crippen LogP contribution in [0.4, 0.5) is 0 Å². The van der Waals surface area contributed by atoms with Crippen molar-refractivity contribution >= 4 is 5.91 Å². The van der Waals surface area contributed by atoms with Gasteiger partial charge in [-0.15, -0.1) is 10.2 Å². The normalized spacial score (nSPS) is 10.7. The molecule has 2 heterocycles. The van der Waals surface area contributed by atoms with E-state index in [1.165, 1.54) is 0 Å². The highest BCUT2D eigenvalue weighted by Gasteiger charge is 2.11. The Labute approximate surface area is 155 Å². The molecule has 4 rings (SSSR count). The van der Waals surface area contributed by atoms with Gasteiger partial charge in [-0.25, -0.2) is 0 Å². The van der Waals surface area contributed by atoms with E-state index in [9.17, 15) is 4.79 Å². The average Bonchev–Trinajstić information content (AvgIpc) is 3.39. The van der Waals surface area contributed by atoms with Crippen molar-refractivity contribution in [3.8, 4) is 11.5 Å². The maximum atomic E-state index is 12.4. The molecule has 7 nitrogen and oxygen atoms in total. The molecule has 2 aromatic carbocycles. The lowest BCUT2D eigenvalue weighted by atomic mass is 10.1. The van der Waals surface area contributed by atoms with Crippen LogP contribution < -0.4 is 5.32 Å². The van der Waals surface area contributed by atoms with Gasteiger partial charge in [0, 0.05) is 23.5 Å². The Morgan fingerprint density at radius 2 is 1.93 bits per heavy atom. The second kappa shape index (κ2) is 7.65. The van der Waals surface area contributed by atoms with Crippen LogP contribution >= 0.6 is 0 Å². The molecular formula is C20H17N5O2. The van der Waals surface area contributed by atoms with Crippen LogP contribution in [0.3, 0.4) is 0 Å². The van der Waals surface area contributed by atoms with E-state index in [2.05, 4.69) is 20.6 Å². The zero-order valence-electron chi connectivity index (χ0n) is 14.4. The van der Waals surface area contributed by atoms with Crippen LogP contribution in [0.2, 0.25) is 0 Å². The Bertz CT molecular complexity index is 1030. The van der Waals surface area contributed by atoms with E-state index in [0.717, 1.165) is 11.1 Å². The van der Waals surface area contributed by atoms with Gasteiger partial charge < -0.3 is 9.73 Å². The zero-order chi connectivity index (χ0) is 18.5. The van der Waals surface area contributed by atoms with Crippen molar-refractivity contribution in [1.29, 1.82) is 0 Å². The first-order valence-electron chi connectivity index (χ1n) is 8.50. The first kappa shape index (κ1) is 16.7. The molecule has 0 saturated heterocycles. The average molecular weight is 359 g/mol. The number of carbonyl (C=O) groups is 1. The van der Waals surface area contributed by atoms with Crippen molar-refractivity contribution < 1.29 is 9.21 Å². The fourth-order valence-corrected chi connectivity index (χ4v) is 2.67. The lowest BCUT2D eigenvalue weighted by Gasteiger charge is -2.06. The summed E-state index contributed by atoms with van der Waals surface area (Å²) < 4.78 is 7.41. The van der Waals surface area contributed by atoms with Crippen LogP contribution in [0.15, 0.2) is 77.5 Å². The Kier molecular flexibility index (Phi) is 4.74. The van der Waals surface area contributed by atoms with Gasteiger partial charge in [-0.05, 0) is 35.9 Å². The summed E-state index contributed by atoms with van der Waals surface area (Å²) in [5.74, 6) is 0.591. The Morgan fingerprint density at radius 3 is 2.74 bits per heavy atom. The van der Waals surface area contributed by atoms with Gasteiger partial charge in [0.2, 0.25) is 11.8 Å². The zero-order valence-corrected chi connectivity index (χ0v) is 14.4. The molecule has 4 aromatic rings. The van der Waals surface area contributed by atoms with Gasteiger partial charge in [-0.1, -0.05) is 30.3 Å². The predicted molar refractivity (Wildman–Crippen MR) is 98.7 cm³/mol. The third kappa shape index (κ3) is 4.09. The molecule has 0 spiro atoms. The van der Waals surface area contributed by atoms with E-state index in [4.69, 9.17) is 4.42 Å². The summed E-state index contributed by atoms with van der Waals surface area (Å²) >= 11 is 0. The van der Waals surface area contributed by atoms with E-state index in [0.29, 0.717) is 23.9 Å². The number of aromatic nitrogens is 4. The molecule has 1 amide bonds. The van der Waals surface area contributed by atoms with Crippen molar-refractivity contribution in [3.63, 3.8) is 0 Å². The maximum absolute atomic E-state index is 12.4. The first-order valence-corrected chi connectivity index (χ1v) is 8.50. The molecule has 1 N–H and O–H groups in total. The Balaban J connectivity index is 1.39. The number of rotatable bonds is 6. The summed E-state index contributed by atoms with van der Waals surface area (Å²) in [7, 11) is 0. The second-order valence-electron chi connectivity index (χ2n) is 5.95. The van der Waals surface area contributed by atoms with Gasteiger partial charge in [0.05, 0.1) is 13.1 Å². The van der Waals surface area contributed by atoms with Gasteiger partial charge in [-0.2, -0.15) is 5.10 Å². The monoisotopic (exact) mass is 359 g/mol. The fourth-order valence-electron chi connectivity index (χ4n) is 2.67. The third-order valence-electron chi connectivity index (χ3n) is 3.98. The molecule has 27 heavy (non-hydrogen) atoms. The van der Waals surface area contributed by atoms with Crippen LogP contribution in [-0.2, 0) is 13.1 Å². The summed E-state index contributed by atoms with van der Waals surface area (Å²) in [6, 6.07) is 18.8. The molecular weight excluding hydrogens is 342 g/mol. The SMILES string of the molecule is O=C(NCc1nnc(-c2ccccc2)o1)c1cccc(Cn2cccn2)c1. The summed E-state index contributed by atoms with van der Waals surface area (Å²) in [4.78, 5) is 12.4. The van der Waals surface area contributed by atoms with Crippen LogP contribution in [0.25, 0.3) is 11.5 Å². The maximum Gasteiger partial charge on any atom is 0.251 e. The number of nitrogens with zero attached hydrogens (tertiary/aromatic N) is 4. The molecule has 0 aliphatic heterocycles. The Hall–Kier alpha value is -3.74. The lowest BCUT2D eigenvalue weighted by Crippen LogP contribution is -2.23. The molecule has 2 aromatic heterocycles. The molecule has 0 atom stereocenters. The number of amides is 1. The molecule has 0 saturated carbocycles. The smallest absolute Gasteiger partial charge is 0.251 e. The topological polar surface area (TPSA) is 85.8 Å².